The van der Waals surface area contributed by atoms with Crippen molar-refractivity contribution in [3.05, 3.63) is 35.7 Å². The van der Waals surface area contributed by atoms with Crippen molar-refractivity contribution >= 4 is 5.97 Å². The minimum Gasteiger partial charge on any atom is -0.466 e. The van der Waals surface area contributed by atoms with Crippen LogP contribution < -0.4 is 0 Å². The summed E-state index contributed by atoms with van der Waals surface area (Å²) in [4.78, 5) is 14.1. The van der Waals surface area contributed by atoms with E-state index in [1.165, 1.54) is 5.56 Å². The van der Waals surface area contributed by atoms with Gasteiger partial charge in [0.15, 0.2) is 0 Å². The summed E-state index contributed by atoms with van der Waals surface area (Å²) in [5, 5.41) is 8.41. The minimum atomic E-state index is -0.0748. The van der Waals surface area contributed by atoms with Gasteiger partial charge in [-0.05, 0) is 58.8 Å². The Morgan fingerprint density at radius 3 is 2.60 bits per heavy atom. The second-order valence-electron chi connectivity index (χ2n) is 6.55. The lowest BCUT2D eigenvalue weighted by Gasteiger charge is -2.33. The number of ether oxygens (including phenoxy) is 1. The molecule has 0 aliphatic carbocycles. The number of carbonyl (C=O) groups excluding carboxylic acids is 1. The lowest BCUT2D eigenvalue weighted by atomic mass is 9.96. The van der Waals surface area contributed by atoms with Gasteiger partial charge in [-0.3, -0.25) is 9.69 Å². The molecule has 0 unspecified atom stereocenters. The fraction of sp³-hybridized carbons (Fsp3) is 0.526. The number of carbonyl (C=O) groups is 1. The molecule has 1 aliphatic heterocycles. The van der Waals surface area contributed by atoms with Gasteiger partial charge in [-0.25, -0.2) is 0 Å². The highest BCUT2D eigenvalue weighted by atomic mass is 16.5. The van der Waals surface area contributed by atoms with Crippen molar-refractivity contribution in [2.24, 2.45) is 5.92 Å². The van der Waals surface area contributed by atoms with Crippen LogP contribution in [0.15, 0.2) is 28.7 Å². The number of hydrogen-bond acceptors (Lipinski definition) is 6. The molecular weight excluding hydrogens is 318 g/mol. The zero-order valence-electron chi connectivity index (χ0n) is 15.1. The van der Waals surface area contributed by atoms with E-state index in [2.05, 4.69) is 22.0 Å². The van der Waals surface area contributed by atoms with E-state index in [1.54, 1.807) is 0 Å². The Kier molecular flexibility index (Phi) is 5.48. The lowest BCUT2D eigenvalue weighted by Crippen LogP contribution is -2.38. The Morgan fingerprint density at radius 2 is 1.96 bits per heavy atom. The molecule has 0 N–H and O–H groups in total. The maximum atomic E-state index is 11.8. The summed E-state index contributed by atoms with van der Waals surface area (Å²) in [6.45, 7) is 8.05. The molecule has 3 rings (SSSR count). The molecule has 25 heavy (non-hydrogen) atoms. The standard InChI is InChI=1S/C19H25N3O3/c1-4-24-19(23)16-9-11-22(12-10-16)14(3)17-20-21-18(25-17)15-7-5-13(2)6-8-15/h5-8,14,16H,4,9-12H2,1-3H3/t14-/m1/s1. The van der Waals surface area contributed by atoms with Crippen LogP contribution in [-0.4, -0.2) is 40.8 Å². The van der Waals surface area contributed by atoms with Crippen molar-refractivity contribution in [1.29, 1.82) is 0 Å². The lowest BCUT2D eigenvalue weighted by molar-refractivity contribution is -0.149. The normalized spacial score (nSPS) is 17.4. The van der Waals surface area contributed by atoms with Crippen LogP contribution in [0.4, 0.5) is 0 Å². The van der Waals surface area contributed by atoms with Crippen molar-refractivity contribution in [2.75, 3.05) is 19.7 Å². The van der Waals surface area contributed by atoms with Gasteiger partial charge in [-0.1, -0.05) is 17.7 Å². The Bertz CT molecular complexity index is 703. The number of nitrogens with zero attached hydrogens (tertiary/aromatic N) is 3. The quantitative estimate of drug-likeness (QED) is 0.775. The first-order chi connectivity index (χ1) is 12.1. The summed E-state index contributed by atoms with van der Waals surface area (Å²) in [5.41, 5.74) is 2.12. The van der Waals surface area contributed by atoms with Gasteiger partial charge in [0.05, 0.1) is 18.6 Å². The predicted molar refractivity (Wildman–Crippen MR) is 93.8 cm³/mol. The largest absolute Gasteiger partial charge is 0.466 e. The molecule has 0 bridgehead atoms. The molecule has 1 aromatic carbocycles. The van der Waals surface area contributed by atoms with Crippen LogP contribution in [0.2, 0.25) is 0 Å². The van der Waals surface area contributed by atoms with Crippen LogP contribution in [0.1, 0.15) is 44.2 Å². The smallest absolute Gasteiger partial charge is 0.309 e. The number of piperidine rings is 1. The Balaban J connectivity index is 1.62. The number of rotatable bonds is 5. The van der Waals surface area contributed by atoms with Gasteiger partial charge < -0.3 is 9.15 Å². The average molecular weight is 343 g/mol. The van der Waals surface area contributed by atoms with E-state index in [4.69, 9.17) is 9.15 Å². The summed E-state index contributed by atoms with van der Waals surface area (Å²) >= 11 is 0. The van der Waals surface area contributed by atoms with Crippen molar-refractivity contribution in [2.45, 2.75) is 39.7 Å². The fourth-order valence-corrected chi connectivity index (χ4v) is 3.15. The number of esters is 1. The molecule has 1 saturated heterocycles. The molecule has 134 valence electrons. The predicted octanol–water partition coefficient (Wildman–Crippen LogP) is 3.38. The van der Waals surface area contributed by atoms with E-state index < -0.39 is 0 Å². The molecule has 1 aromatic heterocycles. The molecule has 6 nitrogen and oxygen atoms in total. The van der Waals surface area contributed by atoms with Crippen LogP contribution in [-0.2, 0) is 9.53 Å². The average Bonchev–Trinajstić information content (AvgIpc) is 3.12. The second-order valence-corrected chi connectivity index (χ2v) is 6.55. The zero-order chi connectivity index (χ0) is 17.8. The molecular formula is C19H25N3O3. The van der Waals surface area contributed by atoms with Gasteiger partial charge in [-0.2, -0.15) is 0 Å². The van der Waals surface area contributed by atoms with Crippen LogP contribution in [0, 0.1) is 12.8 Å². The van der Waals surface area contributed by atoms with Crippen molar-refractivity contribution in [3.63, 3.8) is 0 Å². The second kappa shape index (κ2) is 7.78. The summed E-state index contributed by atoms with van der Waals surface area (Å²) in [7, 11) is 0. The number of likely N-dealkylation sites (tertiary alicyclic amines) is 1. The first-order valence-corrected chi connectivity index (χ1v) is 8.89. The number of benzene rings is 1. The van der Waals surface area contributed by atoms with Gasteiger partial charge in [0, 0.05) is 5.56 Å². The monoisotopic (exact) mass is 343 g/mol. The van der Waals surface area contributed by atoms with Crippen LogP contribution in [0.3, 0.4) is 0 Å². The number of hydrogen-bond donors (Lipinski definition) is 0. The molecule has 0 amide bonds. The highest BCUT2D eigenvalue weighted by Crippen LogP contribution is 2.28. The first-order valence-electron chi connectivity index (χ1n) is 8.89. The number of aromatic nitrogens is 2. The molecule has 1 fully saturated rings. The van der Waals surface area contributed by atoms with E-state index in [9.17, 15) is 4.79 Å². The van der Waals surface area contributed by atoms with E-state index in [-0.39, 0.29) is 17.9 Å². The van der Waals surface area contributed by atoms with Gasteiger partial charge >= 0.3 is 5.97 Å². The highest BCUT2D eigenvalue weighted by Gasteiger charge is 2.30. The fourth-order valence-electron chi connectivity index (χ4n) is 3.15. The van der Waals surface area contributed by atoms with Gasteiger partial charge in [0.25, 0.3) is 0 Å². The summed E-state index contributed by atoms with van der Waals surface area (Å²) in [6.07, 6.45) is 1.62. The molecule has 0 saturated carbocycles. The van der Waals surface area contributed by atoms with Crippen molar-refractivity contribution < 1.29 is 13.9 Å². The Hall–Kier alpha value is -2.21. The SMILES string of the molecule is CCOC(=O)C1CCN([C@H](C)c2nnc(-c3ccc(C)cc3)o2)CC1. The molecule has 1 aliphatic rings. The van der Waals surface area contributed by atoms with Crippen LogP contribution >= 0.6 is 0 Å². The molecule has 0 radical (unpaired) electrons. The minimum absolute atomic E-state index is 0.00852. The van der Waals surface area contributed by atoms with Crippen LogP contribution in [0.5, 0.6) is 0 Å². The van der Waals surface area contributed by atoms with Crippen LogP contribution in [0.25, 0.3) is 11.5 Å². The molecule has 2 aromatic rings. The Morgan fingerprint density at radius 1 is 1.28 bits per heavy atom. The third-order valence-electron chi connectivity index (χ3n) is 4.79. The van der Waals surface area contributed by atoms with Gasteiger partial charge in [0.2, 0.25) is 11.8 Å². The van der Waals surface area contributed by atoms with E-state index in [1.807, 2.05) is 38.1 Å². The summed E-state index contributed by atoms with van der Waals surface area (Å²) in [5.74, 6) is 1.09. The molecule has 2 heterocycles. The van der Waals surface area contributed by atoms with Gasteiger partial charge in [0.1, 0.15) is 0 Å². The number of aryl methyl sites for hydroxylation is 1. The summed E-state index contributed by atoms with van der Waals surface area (Å²) in [6, 6.07) is 8.07. The topological polar surface area (TPSA) is 68.5 Å². The van der Waals surface area contributed by atoms with Gasteiger partial charge in [-0.15, -0.1) is 10.2 Å². The van der Waals surface area contributed by atoms with E-state index in [0.717, 1.165) is 31.5 Å². The molecule has 6 heteroatoms. The van der Waals surface area contributed by atoms with E-state index in [0.29, 0.717) is 18.4 Å². The maximum absolute atomic E-state index is 11.8. The third-order valence-corrected chi connectivity index (χ3v) is 4.79. The van der Waals surface area contributed by atoms with E-state index >= 15 is 0 Å². The van der Waals surface area contributed by atoms with Crippen molar-refractivity contribution in [3.8, 4) is 11.5 Å². The third kappa shape index (κ3) is 4.07. The first kappa shape index (κ1) is 17.6. The molecule has 1 atom stereocenters. The van der Waals surface area contributed by atoms with Crippen molar-refractivity contribution in [1.82, 2.24) is 15.1 Å². The Labute approximate surface area is 148 Å². The summed E-state index contributed by atoms with van der Waals surface area (Å²) < 4.78 is 11.0. The zero-order valence-corrected chi connectivity index (χ0v) is 15.1. The maximum Gasteiger partial charge on any atom is 0.309 e. The molecule has 0 spiro atoms. The highest BCUT2D eigenvalue weighted by molar-refractivity contribution is 5.72.